The molecule has 4 atom stereocenters. The van der Waals surface area contributed by atoms with E-state index in [0.29, 0.717) is 65.0 Å². The van der Waals surface area contributed by atoms with E-state index in [2.05, 4.69) is 62.3 Å². The minimum absolute atomic E-state index is 0.0276. The van der Waals surface area contributed by atoms with E-state index >= 15 is 0 Å². The Morgan fingerprint density at radius 3 is 0.838 bits per heavy atom. The summed E-state index contributed by atoms with van der Waals surface area (Å²) in [6.07, 6.45) is 1.51. The molecule has 402 valence electrons. The van der Waals surface area contributed by atoms with Gasteiger partial charge in [-0.05, 0) is 84.7 Å². The van der Waals surface area contributed by atoms with Crippen LogP contribution in [0.2, 0.25) is 0 Å². The molecule has 0 radical (unpaired) electrons. The number of benzene rings is 1. The molecule has 0 unspecified atom stereocenters. The third-order valence-electron chi connectivity index (χ3n) is 12.5. The van der Waals surface area contributed by atoms with Crippen LogP contribution in [0, 0.1) is 23.7 Å². The Labute approximate surface area is 435 Å². The lowest BCUT2D eigenvalue weighted by Gasteiger charge is -2.26. The van der Waals surface area contributed by atoms with Crippen molar-refractivity contribution in [1.29, 1.82) is 0 Å². The lowest BCUT2D eigenvalue weighted by atomic mass is 10.0. The summed E-state index contributed by atoms with van der Waals surface area (Å²) in [4.78, 5) is 121. The van der Waals surface area contributed by atoms with E-state index < -0.39 is 47.8 Å². The predicted molar refractivity (Wildman–Crippen MR) is 280 cm³/mol. The summed E-state index contributed by atoms with van der Waals surface area (Å²) in [7, 11) is 0. The number of amides is 8. The fourth-order valence-corrected chi connectivity index (χ4v) is 8.76. The number of aromatic nitrogens is 2. The second-order valence-corrected chi connectivity index (χ2v) is 21.0. The second-order valence-electron chi connectivity index (χ2n) is 21.0. The first kappa shape index (κ1) is 58.1. The molecule has 4 heterocycles. The number of nitrogens with one attached hydrogen (secondary N) is 8. The molecule has 1 aromatic carbocycles. The lowest BCUT2D eigenvalue weighted by molar-refractivity contribution is -0.124. The Bertz CT molecular complexity index is 2120. The molecule has 0 saturated heterocycles. The van der Waals surface area contributed by atoms with Crippen LogP contribution in [0.25, 0.3) is 0 Å². The van der Waals surface area contributed by atoms with Crippen LogP contribution in [0.1, 0.15) is 134 Å². The van der Waals surface area contributed by atoms with Crippen LogP contribution in [0.5, 0.6) is 0 Å². The molecule has 74 heavy (non-hydrogen) atoms. The molecule has 4 bridgehead atoms. The van der Waals surface area contributed by atoms with Gasteiger partial charge in [-0.15, -0.1) is 0 Å². The van der Waals surface area contributed by atoms with Gasteiger partial charge in [0.2, 0.25) is 23.6 Å². The Kier molecular flexibility index (Phi) is 22.5. The van der Waals surface area contributed by atoms with Gasteiger partial charge >= 0.3 is 0 Å². The minimum atomic E-state index is -0.849. The highest BCUT2D eigenvalue weighted by atomic mass is 16.2. The fourth-order valence-electron chi connectivity index (χ4n) is 8.76. The maximum absolute atomic E-state index is 13.6. The Morgan fingerprint density at radius 2 is 0.622 bits per heavy atom. The van der Waals surface area contributed by atoms with E-state index in [-0.39, 0.29) is 96.3 Å². The van der Waals surface area contributed by atoms with Gasteiger partial charge in [0.1, 0.15) is 46.9 Å². The Balaban J connectivity index is 1.32. The maximum Gasteiger partial charge on any atom is 0.270 e. The average Bonchev–Trinajstić information content (AvgIpc) is 3.34. The normalized spacial score (nSPS) is 21.2. The third-order valence-corrected chi connectivity index (χ3v) is 12.5. The molecule has 20 nitrogen and oxygen atoms in total. The van der Waals surface area contributed by atoms with Crippen molar-refractivity contribution in [2.45, 2.75) is 118 Å². The van der Waals surface area contributed by atoms with Gasteiger partial charge in [0.25, 0.3) is 23.6 Å². The van der Waals surface area contributed by atoms with Crippen LogP contribution in [0.15, 0.2) is 60.7 Å². The molecule has 2 aromatic heterocycles. The summed E-state index contributed by atoms with van der Waals surface area (Å²) in [5, 5.41) is 23.2. The number of carbonyl (C=O) groups excluding carboxylic acids is 8. The molecule has 20 heteroatoms. The van der Waals surface area contributed by atoms with Crippen LogP contribution in [0.4, 0.5) is 0 Å². The van der Waals surface area contributed by atoms with Crippen molar-refractivity contribution in [3.63, 3.8) is 0 Å². The van der Waals surface area contributed by atoms with Crippen molar-refractivity contribution in [3.8, 4) is 0 Å². The zero-order valence-electron chi connectivity index (χ0n) is 44.3. The molecular weight excluding hydrogens is 945 g/mol. The van der Waals surface area contributed by atoms with Crippen LogP contribution < -0.4 is 42.5 Å². The number of carbonyl (C=O) groups is 8. The fraction of sp³-hybridized carbons (Fsp3) is 0.556. The SMILES string of the molecule is CC(C)C[C@@H]1NC(=O)c2cccc(n2)C(=O)N[C@@H](CC(C)C)C(=O)NCCN(Cc2ccc(CN3CCNC(=O)[C@H](CC(C)C)NC(=O)c4cccc(n4)C(=O)N[C@@H](CC(C)C)C(=O)NCC3)cc2)CCNC1=O. The highest BCUT2D eigenvalue weighted by Crippen LogP contribution is 2.14. The van der Waals surface area contributed by atoms with Gasteiger partial charge in [-0.1, -0.05) is 91.8 Å². The topological polar surface area (TPSA) is 265 Å². The van der Waals surface area contributed by atoms with Crippen molar-refractivity contribution in [2.75, 3.05) is 52.4 Å². The number of pyridine rings is 2. The van der Waals surface area contributed by atoms with Gasteiger partial charge in [0, 0.05) is 65.4 Å². The van der Waals surface area contributed by atoms with Crippen LogP contribution in [0.3, 0.4) is 0 Å². The summed E-state index contributed by atoms with van der Waals surface area (Å²) in [6.45, 7) is 19.3. The molecule has 0 spiro atoms. The smallest absolute Gasteiger partial charge is 0.270 e. The lowest BCUT2D eigenvalue weighted by Crippen LogP contribution is -2.50. The first-order valence-electron chi connectivity index (χ1n) is 26.0. The summed E-state index contributed by atoms with van der Waals surface area (Å²) in [5.41, 5.74) is 1.82. The standard InChI is InChI=1S/C54H78N12O8/c1-33(2)27-43-47(67)55-19-23-65(24-20-56-48(68)44(28-34(3)4)62-52(72)40-12-9-11-39(59-40)51(71)61-43)31-37-15-17-38(18-16-37)32-66-25-21-57-49(69)45(29-35(5)6)63-53(73)41-13-10-14-42(60-41)54(74)64-46(30-36(7)8)50(70)58-22-26-66/h9-18,33-36,43-46H,19-32H2,1-8H3,(H,55,67)(H,56,68)(H,57,69)(H,58,70)(H,61,71)(H,62,72)(H,63,73)(H,64,74)/t43-,44-,45-,46-/m0/s1. The average molecular weight is 1020 g/mol. The zero-order chi connectivity index (χ0) is 53.9. The molecule has 0 saturated carbocycles. The highest BCUT2D eigenvalue weighted by molar-refractivity contribution is 6.01. The quantitative estimate of drug-likeness (QED) is 0.130. The Morgan fingerprint density at radius 1 is 0.392 bits per heavy atom. The number of hydrogen-bond acceptors (Lipinski definition) is 12. The van der Waals surface area contributed by atoms with E-state index in [9.17, 15) is 38.4 Å². The molecule has 8 amide bonds. The first-order chi connectivity index (χ1) is 35.2. The van der Waals surface area contributed by atoms with Crippen LogP contribution >= 0.6 is 0 Å². The van der Waals surface area contributed by atoms with Crippen LogP contribution in [-0.4, -0.2) is 144 Å². The predicted octanol–water partition coefficient (Wildman–Crippen LogP) is 2.55. The van der Waals surface area contributed by atoms with Gasteiger partial charge in [-0.25, -0.2) is 9.97 Å². The van der Waals surface area contributed by atoms with Crippen molar-refractivity contribution in [3.05, 3.63) is 94.6 Å². The second kappa shape index (κ2) is 28.6. The third kappa shape index (κ3) is 18.9. The number of fused-ring (bicyclic) bond motifs is 4. The monoisotopic (exact) mass is 1020 g/mol. The molecular formula is C54H78N12O8. The largest absolute Gasteiger partial charge is 0.353 e. The molecule has 2 aliphatic rings. The van der Waals surface area contributed by atoms with Gasteiger partial charge in [0.05, 0.1) is 0 Å². The number of rotatable bonds is 12. The summed E-state index contributed by atoms with van der Waals surface area (Å²) < 4.78 is 0. The summed E-state index contributed by atoms with van der Waals surface area (Å²) in [6, 6.07) is 13.6. The zero-order valence-corrected chi connectivity index (χ0v) is 44.3. The molecule has 0 aliphatic carbocycles. The summed E-state index contributed by atoms with van der Waals surface area (Å²) >= 11 is 0. The van der Waals surface area contributed by atoms with Crippen LogP contribution in [-0.2, 0) is 32.3 Å². The first-order valence-corrected chi connectivity index (χ1v) is 26.0. The van der Waals surface area contributed by atoms with Gasteiger partial charge in [0.15, 0.2) is 0 Å². The van der Waals surface area contributed by atoms with Crippen molar-refractivity contribution < 1.29 is 38.4 Å². The molecule has 0 fully saturated rings. The number of hydrogen-bond donors (Lipinski definition) is 8. The van der Waals surface area contributed by atoms with E-state index in [1.807, 2.05) is 79.7 Å². The van der Waals surface area contributed by atoms with E-state index in [1.54, 1.807) is 12.1 Å². The molecule has 5 rings (SSSR count). The van der Waals surface area contributed by atoms with E-state index in [0.717, 1.165) is 11.1 Å². The van der Waals surface area contributed by atoms with Gasteiger partial charge < -0.3 is 42.5 Å². The highest BCUT2D eigenvalue weighted by Gasteiger charge is 2.29. The number of nitrogens with zero attached hydrogens (tertiary/aromatic N) is 4. The Hall–Kier alpha value is -6.80. The van der Waals surface area contributed by atoms with E-state index in [4.69, 9.17) is 0 Å². The molecule has 2 aliphatic heterocycles. The maximum atomic E-state index is 13.6. The van der Waals surface area contributed by atoms with Crippen molar-refractivity contribution >= 4 is 47.3 Å². The van der Waals surface area contributed by atoms with Crippen molar-refractivity contribution in [1.82, 2.24) is 62.3 Å². The summed E-state index contributed by atoms with van der Waals surface area (Å²) in [5.74, 6) is -3.47. The minimum Gasteiger partial charge on any atom is -0.353 e. The molecule has 8 N–H and O–H groups in total. The van der Waals surface area contributed by atoms with Gasteiger partial charge in [-0.2, -0.15) is 0 Å². The van der Waals surface area contributed by atoms with Gasteiger partial charge in [-0.3, -0.25) is 48.2 Å². The van der Waals surface area contributed by atoms with Crippen molar-refractivity contribution in [2.24, 2.45) is 23.7 Å². The molecule has 3 aromatic rings. The van der Waals surface area contributed by atoms with E-state index in [1.165, 1.54) is 24.3 Å².